The van der Waals surface area contributed by atoms with Crippen LogP contribution >= 0.6 is 0 Å². The second kappa shape index (κ2) is 6.80. The number of aliphatic hydroxyl groups is 2. The summed E-state index contributed by atoms with van der Waals surface area (Å²) in [6, 6.07) is 0. The maximum Gasteiger partial charge on any atom is 0.303 e. The second-order valence-electron chi connectivity index (χ2n) is 12.3. The molecule has 10 atom stereocenters. The fourth-order valence-electron chi connectivity index (χ4n) is 8.85. The summed E-state index contributed by atoms with van der Waals surface area (Å²) >= 11 is 0. The van der Waals surface area contributed by atoms with E-state index in [1.165, 1.54) is 6.92 Å². The molecule has 31 heavy (non-hydrogen) atoms. The molecular weight excluding hydrogens is 392 g/mol. The molecule has 0 unspecified atom stereocenters. The molecule has 2 bridgehead atoms. The Bertz CT molecular complexity index is 817. The molecule has 1 saturated heterocycles. The van der Waals surface area contributed by atoms with Gasteiger partial charge in [-0.15, -0.1) is 0 Å². The van der Waals surface area contributed by atoms with E-state index in [1.54, 1.807) is 0 Å². The van der Waals surface area contributed by atoms with E-state index < -0.39 is 23.2 Å². The Kier molecular flexibility index (Phi) is 5.10. The quantitative estimate of drug-likeness (QED) is 0.480. The predicted octanol–water partition coefficient (Wildman–Crippen LogP) is 4.11. The van der Waals surface area contributed by atoms with Crippen molar-refractivity contribution in [3.63, 3.8) is 0 Å². The van der Waals surface area contributed by atoms with Crippen LogP contribution in [0.3, 0.4) is 0 Å². The van der Waals surface area contributed by atoms with Crippen LogP contribution in [0.5, 0.6) is 0 Å². The molecule has 0 radical (unpaired) electrons. The topological polar surface area (TPSA) is 76.0 Å². The van der Waals surface area contributed by atoms with Gasteiger partial charge < -0.3 is 19.7 Å². The van der Waals surface area contributed by atoms with E-state index in [0.717, 1.165) is 17.6 Å². The normalized spacial score (nSPS) is 53.5. The van der Waals surface area contributed by atoms with Crippen LogP contribution in [0.1, 0.15) is 75.2 Å². The Balaban J connectivity index is 1.98. The van der Waals surface area contributed by atoms with Gasteiger partial charge >= 0.3 is 5.97 Å². The SMILES string of the molecule is CC(=O)O[C@H]1C[C@@]2(O)[C@@H](C)[C@@H]3[C@]4(C)CO[C@@H]4C[C@H](C)[C@@]3(C)[C@@H](O)[C@H](C)C(=C1C)C2(C)C. The molecule has 0 spiro atoms. The summed E-state index contributed by atoms with van der Waals surface area (Å²) in [5, 5.41) is 24.6. The van der Waals surface area contributed by atoms with Gasteiger partial charge in [-0.1, -0.05) is 54.0 Å². The van der Waals surface area contributed by atoms with E-state index in [-0.39, 0.29) is 46.6 Å². The average Bonchev–Trinajstić information content (AvgIpc) is 2.66. The van der Waals surface area contributed by atoms with E-state index in [0.29, 0.717) is 13.0 Å². The number of esters is 1. The van der Waals surface area contributed by atoms with E-state index >= 15 is 0 Å². The summed E-state index contributed by atoms with van der Waals surface area (Å²) in [6.07, 6.45) is 0.478. The van der Waals surface area contributed by atoms with Crippen molar-refractivity contribution in [2.24, 2.45) is 39.9 Å². The van der Waals surface area contributed by atoms with Crippen LogP contribution in [0, 0.1) is 39.9 Å². The largest absolute Gasteiger partial charge is 0.458 e. The zero-order valence-corrected chi connectivity index (χ0v) is 20.8. The first-order chi connectivity index (χ1) is 14.1. The summed E-state index contributed by atoms with van der Waals surface area (Å²) in [5.74, 6) is -0.230. The summed E-state index contributed by atoms with van der Waals surface area (Å²) in [6.45, 7) is 19.4. The van der Waals surface area contributed by atoms with Crippen molar-refractivity contribution in [2.75, 3.05) is 6.61 Å². The lowest BCUT2D eigenvalue weighted by Crippen LogP contribution is -2.73. The van der Waals surface area contributed by atoms with Gasteiger partial charge in [-0.2, -0.15) is 0 Å². The van der Waals surface area contributed by atoms with Gasteiger partial charge in [-0.3, -0.25) is 4.79 Å². The van der Waals surface area contributed by atoms with E-state index in [4.69, 9.17) is 9.47 Å². The molecule has 0 amide bonds. The molecule has 2 saturated carbocycles. The molecule has 0 aromatic heterocycles. The van der Waals surface area contributed by atoms with Crippen molar-refractivity contribution in [3.8, 4) is 0 Å². The Morgan fingerprint density at radius 3 is 2.29 bits per heavy atom. The van der Waals surface area contributed by atoms with Crippen molar-refractivity contribution in [1.82, 2.24) is 0 Å². The number of carbonyl (C=O) groups is 1. The van der Waals surface area contributed by atoms with Crippen molar-refractivity contribution in [1.29, 1.82) is 0 Å². The Hall–Kier alpha value is -0.910. The highest BCUT2D eigenvalue weighted by Gasteiger charge is 2.71. The highest BCUT2D eigenvalue weighted by molar-refractivity contribution is 5.66. The summed E-state index contributed by atoms with van der Waals surface area (Å²) in [7, 11) is 0. The highest BCUT2D eigenvalue weighted by Crippen LogP contribution is 2.69. The molecular formula is C26H42O5. The Labute approximate surface area is 187 Å². The number of hydrogen-bond acceptors (Lipinski definition) is 5. The van der Waals surface area contributed by atoms with Crippen molar-refractivity contribution >= 4 is 5.97 Å². The molecule has 0 aromatic rings. The number of hydrogen-bond donors (Lipinski definition) is 2. The number of rotatable bonds is 1. The van der Waals surface area contributed by atoms with Crippen LogP contribution in [0.15, 0.2) is 11.1 Å². The van der Waals surface area contributed by atoms with Gasteiger partial charge in [0.15, 0.2) is 0 Å². The van der Waals surface area contributed by atoms with Crippen molar-refractivity contribution in [3.05, 3.63) is 11.1 Å². The lowest BCUT2D eigenvalue weighted by Gasteiger charge is -2.71. The van der Waals surface area contributed by atoms with Gasteiger partial charge in [0.25, 0.3) is 0 Å². The first kappa shape index (κ1) is 23.3. The third-order valence-electron chi connectivity index (χ3n) is 10.6. The molecule has 0 aromatic carbocycles. The summed E-state index contributed by atoms with van der Waals surface area (Å²) in [4.78, 5) is 11.9. The van der Waals surface area contributed by atoms with Gasteiger partial charge in [0.2, 0.25) is 0 Å². The van der Waals surface area contributed by atoms with Crippen LogP contribution in [0.25, 0.3) is 0 Å². The lowest BCUT2D eigenvalue weighted by molar-refractivity contribution is -0.316. The van der Waals surface area contributed by atoms with Crippen LogP contribution in [-0.4, -0.2) is 46.7 Å². The van der Waals surface area contributed by atoms with Crippen molar-refractivity contribution < 1.29 is 24.5 Å². The van der Waals surface area contributed by atoms with Crippen LogP contribution < -0.4 is 0 Å². The number of fused-ring (bicyclic) bond motifs is 5. The highest BCUT2D eigenvalue weighted by atomic mass is 16.5. The Morgan fingerprint density at radius 1 is 1.16 bits per heavy atom. The van der Waals surface area contributed by atoms with Crippen LogP contribution in [0.4, 0.5) is 0 Å². The smallest absolute Gasteiger partial charge is 0.303 e. The summed E-state index contributed by atoms with van der Waals surface area (Å²) < 4.78 is 11.8. The molecule has 2 N–H and O–H groups in total. The van der Waals surface area contributed by atoms with Gasteiger partial charge in [-0.25, -0.2) is 0 Å². The lowest BCUT2D eigenvalue weighted by atomic mass is 9.38. The number of aliphatic hydroxyl groups excluding tert-OH is 1. The zero-order valence-electron chi connectivity index (χ0n) is 20.8. The molecule has 5 nitrogen and oxygen atoms in total. The minimum atomic E-state index is -1.07. The minimum Gasteiger partial charge on any atom is -0.458 e. The molecule has 3 fully saturated rings. The molecule has 4 aliphatic rings. The number of ether oxygens (including phenoxy) is 2. The first-order valence-electron chi connectivity index (χ1n) is 12.0. The molecule has 1 heterocycles. The maximum atomic E-state index is 12.5. The third kappa shape index (κ3) is 2.69. The Morgan fingerprint density at radius 2 is 1.77 bits per heavy atom. The van der Waals surface area contributed by atoms with Crippen LogP contribution in [0.2, 0.25) is 0 Å². The van der Waals surface area contributed by atoms with Gasteiger partial charge in [0.1, 0.15) is 6.10 Å². The second-order valence-corrected chi connectivity index (χ2v) is 12.3. The minimum absolute atomic E-state index is 0.0853. The van der Waals surface area contributed by atoms with Crippen molar-refractivity contribution in [2.45, 2.75) is 99.1 Å². The predicted molar refractivity (Wildman–Crippen MR) is 119 cm³/mol. The van der Waals surface area contributed by atoms with Gasteiger partial charge in [0.05, 0.1) is 24.4 Å². The molecule has 1 aliphatic heterocycles. The molecule has 4 rings (SSSR count). The third-order valence-corrected chi connectivity index (χ3v) is 10.6. The molecule has 3 aliphatic carbocycles. The zero-order chi connectivity index (χ0) is 23.3. The summed E-state index contributed by atoms with van der Waals surface area (Å²) in [5.41, 5.74) is -0.00845. The molecule has 176 valence electrons. The van der Waals surface area contributed by atoms with E-state index in [9.17, 15) is 15.0 Å². The van der Waals surface area contributed by atoms with Crippen LogP contribution in [-0.2, 0) is 14.3 Å². The van der Waals surface area contributed by atoms with Gasteiger partial charge in [0, 0.05) is 35.5 Å². The van der Waals surface area contributed by atoms with E-state index in [2.05, 4.69) is 48.5 Å². The maximum absolute atomic E-state index is 12.5. The first-order valence-corrected chi connectivity index (χ1v) is 12.0. The van der Waals surface area contributed by atoms with E-state index in [1.807, 2.05) is 6.92 Å². The number of carbonyl (C=O) groups excluding carboxylic acids is 1. The fourth-order valence-corrected chi connectivity index (χ4v) is 8.85. The fraction of sp³-hybridized carbons (Fsp3) is 0.885. The monoisotopic (exact) mass is 434 g/mol. The van der Waals surface area contributed by atoms with Gasteiger partial charge in [-0.05, 0) is 36.7 Å². The standard InChI is InChI=1S/C26H42O5/c1-13-10-19-24(8,12-30-19)21-16(4)26(29)11-18(31-17(5)27)14(2)20(23(26,6)7)15(3)22(28)25(13,21)9/h13,15-16,18-19,21-22,28-29H,10-12H2,1-9H3/t13-,15+,16-,18-,19+,21+,22-,24+,25+,26+/m0/s1. The average molecular weight is 435 g/mol. The molecule has 5 heteroatoms.